The zero-order valence-electron chi connectivity index (χ0n) is 80.2. The Kier molecular flexibility index (Phi) is 44.5. The Balaban J connectivity index is 0.000000185. The van der Waals surface area contributed by atoms with Crippen LogP contribution in [0.15, 0.2) is 196 Å². The number of nitrogens with two attached hydrogens (primary N) is 4. The highest BCUT2D eigenvalue weighted by Gasteiger charge is 2.31. The predicted molar refractivity (Wildman–Crippen MR) is 556 cm³/mol. The van der Waals surface area contributed by atoms with Crippen LogP contribution in [0.2, 0.25) is 0 Å². The van der Waals surface area contributed by atoms with Gasteiger partial charge in [0.25, 0.3) is 22.2 Å². The predicted octanol–water partition coefficient (Wildman–Crippen LogP) is 13.7. The van der Waals surface area contributed by atoms with Crippen molar-refractivity contribution >= 4 is 166 Å². The minimum absolute atomic E-state index is 0.00691. The third-order valence-electron chi connectivity index (χ3n) is 20.3. The van der Waals surface area contributed by atoms with Gasteiger partial charge in [-0.05, 0) is 67.6 Å². The number of carbonyl (C=O) groups excluding carboxylic acids is 4. The molecule has 0 aliphatic heterocycles. The highest BCUT2D eigenvalue weighted by atomic mass is 32.2. The van der Waals surface area contributed by atoms with Crippen molar-refractivity contribution in [3.8, 4) is 5.75 Å². The quantitative estimate of drug-likeness (QED) is 0.0130. The number of carbonyl (C=O) groups is 4. The summed E-state index contributed by atoms with van der Waals surface area (Å²) in [5.74, 6) is 1.85. The number of imidazole rings is 4. The average molecular weight is 2150 g/mol. The first kappa shape index (κ1) is 114. The molecule has 6 aromatic carbocycles. The zero-order valence-corrected chi connectivity index (χ0v) is 87.1. The van der Waals surface area contributed by atoms with Gasteiger partial charge in [-0.25, -0.2) is 19.9 Å². The van der Waals surface area contributed by atoms with Crippen molar-refractivity contribution in [2.24, 2.45) is 0 Å². The van der Waals surface area contributed by atoms with Gasteiger partial charge in [-0.15, -0.1) is 0 Å². The summed E-state index contributed by atoms with van der Waals surface area (Å²) < 4.78 is 133. The van der Waals surface area contributed by atoms with Crippen molar-refractivity contribution < 1.29 is 97.3 Å². The molecule has 4 atom stereocenters. The molecule has 0 radical (unpaired) electrons. The number of anilines is 4. The molecule has 0 saturated heterocycles. The monoisotopic (exact) mass is 2150 g/mol. The molecule has 45 nitrogen and oxygen atoms in total. The van der Waals surface area contributed by atoms with Crippen LogP contribution in [0.1, 0.15) is 85.5 Å². The van der Waals surface area contributed by atoms with Gasteiger partial charge in [-0.1, -0.05) is 210 Å². The number of nitrogen functional groups attached to an aromatic ring is 4. The van der Waals surface area contributed by atoms with Gasteiger partial charge in [0, 0.05) is 73.7 Å². The number of aromatic amines is 4. The number of rotatable bonds is 52. The van der Waals surface area contributed by atoms with E-state index in [0.29, 0.717) is 76.2 Å². The molecule has 0 aliphatic rings. The lowest BCUT2D eigenvalue weighted by atomic mass is 10.1. The lowest BCUT2D eigenvalue weighted by molar-refractivity contribution is -0.111. The molecule has 0 aliphatic carbocycles. The molecule has 8 aromatic heterocycles. The van der Waals surface area contributed by atoms with Gasteiger partial charge in [0.05, 0.1) is 112 Å². The number of fused-ring (bicyclic) bond motifs is 4. The van der Waals surface area contributed by atoms with Crippen LogP contribution in [0.4, 0.5) is 23.8 Å². The minimum Gasteiger partial charge on any atom is -0.496 e. The maximum absolute atomic E-state index is 13.5. The molecule has 145 heavy (non-hydrogen) atoms. The normalized spacial score (nSPS) is 13.1. The van der Waals surface area contributed by atoms with Crippen LogP contribution >= 0.6 is 77.4 Å². The van der Waals surface area contributed by atoms with E-state index in [1.807, 2.05) is 155 Å². The standard InChI is InChI=1S/C26H30N5O7PS.C25H28N5O6PS.C21H28N5O6PS.C20H26N5O6PS/c1-18-8-9-20(14-21(18)35-2)25(33)40-13-12-37-39(34,38-15-19-6-4-3-5-7-19)17-36-11-10-31-16-28-22-23(31)29-26(27)30-24(22)32;1-18-7-9-20(10-8-18)24(32)38-14-13-35-37(33,36-15-19-5-3-2-4-6-19)17-34-12-11-30-16-27-21-22(30)28-25(26)29-23(21)31;1-3-17(27)34-11-10-31-33(29,32-12-16-6-4-15(2)5-7-16)14-30-9-8-26-13-23-18-19(26)24-21(22)25-20(18)28;1-14-3-5-16(6-4-14)11-31-32(28,30-9-10-33-15(2)26)13-29-8-7-25-12-22-17-18(25)23-20(21)24-19(17)27/h3-9,14,16H,10-13,15,17H2,1-2H3,(H3,27,29,30,32);2-10,16H,11-15,17H2,1H3,(H3,26,28,29,31);4-7,13H,3,8-12,14H2,1-2H3,(H3,22,24,25,28);3-6,12H,7-11,13H2,1-2H3,(H3,21,23,24,27). The van der Waals surface area contributed by atoms with Crippen LogP contribution in [0.3, 0.4) is 0 Å². The van der Waals surface area contributed by atoms with E-state index in [9.17, 15) is 56.6 Å². The number of thioether (sulfide) groups is 4. The lowest BCUT2D eigenvalue weighted by Crippen LogP contribution is -2.13. The zero-order chi connectivity index (χ0) is 104. The van der Waals surface area contributed by atoms with Crippen molar-refractivity contribution in [3.63, 3.8) is 0 Å². The van der Waals surface area contributed by atoms with E-state index < -0.39 is 52.6 Å². The van der Waals surface area contributed by atoms with Gasteiger partial charge in [0.15, 0.2) is 54.9 Å². The number of ether oxygens (including phenoxy) is 5. The van der Waals surface area contributed by atoms with Crippen LogP contribution in [0.25, 0.3) is 44.7 Å². The van der Waals surface area contributed by atoms with E-state index in [2.05, 4.69) is 59.8 Å². The first-order chi connectivity index (χ1) is 69.7. The molecule has 14 rings (SSSR count). The van der Waals surface area contributed by atoms with Gasteiger partial charge in [-0.3, -0.25) is 76.6 Å². The van der Waals surface area contributed by atoms with E-state index in [1.54, 1.807) is 56.6 Å². The first-order valence-corrected chi connectivity index (χ1v) is 55.7. The molecule has 12 N–H and O–H groups in total. The second-order valence-corrected chi connectivity index (χ2v) is 44.0. The number of hydrogen-bond donors (Lipinski definition) is 8. The number of methoxy groups -OCH3 is 1. The molecule has 0 bridgehead atoms. The molecule has 774 valence electrons. The second-order valence-electron chi connectivity index (χ2n) is 31.4. The smallest absolute Gasteiger partial charge is 0.356 e. The fourth-order valence-electron chi connectivity index (χ4n) is 12.8. The van der Waals surface area contributed by atoms with Crippen LogP contribution in [-0.2, 0) is 136 Å². The van der Waals surface area contributed by atoms with Crippen molar-refractivity contribution in [1.82, 2.24) is 78.1 Å². The molecule has 0 saturated carbocycles. The Morgan fingerprint density at radius 1 is 0.359 bits per heavy atom. The molecule has 53 heteroatoms. The van der Waals surface area contributed by atoms with E-state index in [-0.39, 0.29) is 190 Å². The minimum atomic E-state index is -3.69. The Bertz CT molecular complexity index is 7110. The van der Waals surface area contributed by atoms with Crippen LogP contribution in [-0.4, -0.2) is 207 Å². The highest BCUT2D eigenvalue weighted by molar-refractivity contribution is 8.14. The van der Waals surface area contributed by atoms with Gasteiger partial charge in [0.2, 0.25) is 34.0 Å². The Morgan fingerprint density at radius 3 is 0.945 bits per heavy atom. The van der Waals surface area contributed by atoms with Crippen LogP contribution < -0.4 is 49.9 Å². The third-order valence-corrected chi connectivity index (χ3v) is 30.1. The number of aromatic nitrogens is 16. The summed E-state index contributed by atoms with van der Waals surface area (Å²) in [6.07, 6.45) is 5.11. The average Bonchev–Trinajstić information content (AvgIpc) is 1.67. The largest absolute Gasteiger partial charge is 0.496 e. The number of nitrogens with zero attached hydrogens (tertiary/aromatic N) is 12. The van der Waals surface area contributed by atoms with Crippen molar-refractivity contribution in [3.05, 3.63) is 274 Å². The fourth-order valence-corrected chi connectivity index (χ4v) is 20.8. The van der Waals surface area contributed by atoms with E-state index in [0.717, 1.165) is 91.6 Å². The molecule has 0 fully saturated rings. The summed E-state index contributed by atoms with van der Waals surface area (Å²) in [4.78, 5) is 137. The Hall–Kier alpha value is -11.8. The topological polar surface area (TPSA) is 615 Å². The molecular formula is C92H112N20O25P4S4. The molecule has 0 spiro atoms. The molecular weight excluding hydrogens is 2040 g/mol. The number of benzene rings is 6. The number of hydrogen-bond acceptors (Lipinski definition) is 41. The maximum Gasteiger partial charge on any atom is 0.356 e. The number of H-pyrrole nitrogens is 4. The van der Waals surface area contributed by atoms with E-state index >= 15 is 0 Å². The molecule has 14 aromatic rings. The molecule has 0 amide bonds. The Morgan fingerprint density at radius 2 is 0.641 bits per heavy atom. The van der Waals surface area contributed by atoms with E-state index in [1.165, 1.54) is 32.2 Å². The number of nitrogens with one attached hydrogen (secondary N) is 4. The van der Waals surface area contributed by atoms with Crippen molar-refractivity contribution in [2.45, 2.75) is 101 Å². The van der Waals surface area contributed by atoms with Gasteiger partial charge < -0.3 is 101 Å². The summed E-state index contributed by atoms with van der Waals surface area (Å²) in [6, 6.07) is 46.4. The van der Waals surface area contributed by atoms with Gasteiger partial charge in [-0.2, -0.15) is 19.9 Å². The van der Waals surface area contributed by atoms with E-state index in [4.69, 9.17) is 82.8 Å². The molecule has 8 heterocycles. The summed E-state index contributed by atoms with van der Waals surface area (Å²) in [5, 5.41) is -0.258. The van der Waals surface area contributed by atoms with Crippen molar-refractivity contribution in [2.75, 3.05) is 131 Å². The van der Waals surface area contributed by atoms with Crippen LogP contribution in [0.5, 0.6) is 5.75 Å². The Labute approximate surface area is 848 Å². The number of aryl methyl sites for hydroxylation is 4. The van der Waals surface area contributed by atoms with Crippen molar-refractivity contribution in [1.29, 1.82) is 0 Å². The maximum atomic E-state index is 13.5. The summed E-state index contributed by atoms with van der Waals surface area (Å²) in [6.45, 7) is 13.3. The third kappa shape index (κ3) is 36.7. The second kappa shape index (κ2) is 56.8. The summed E-state index contributed by atoms with van der Waals surface area (Å²) in [5.41, 5.74) is 31.4. The highest BCUT2D eigenvalue weighted by Crippen LogP contribution is 2.52. The summed E-state index contributed by atoms with van der Waals surface area (Å²) >= 11 is 4.34. The fraction of sp³-hybridized carbons (Fsp3) is 0.348. The SMILES string of the molecule is CC(=O)SCCOP(=O)(COCCn1cnc2c(=O)[nH]c(N)nc21)OCc1ccc(C)cc1.CCC(=O)SCCOP(=O)(COCCn1cnc2c(=O)[nH]c(N)nc21)OCc1ccc(C)cc1.COc1cc(C(=O)SCCOP(=O)(COCCn2cnc3c(=O)[nH]c(N)nc32)OCc2ccccc2)ccc1C.Cc1ccc(C(=O)SCCOP(=O)(COCCn2cnc3c(=O)[nH]c(N)nc32)OCc2ccccc2)cc1. The molecule has 4 unspecified atom stereocenters. The van der Waals surface area contributed by atoms with Gasteiger partial charge >= 0.3 is 30.4 Å². The van der Waals surface area contributed by atoms with Gasteiger partial charge in [0.1, 0.15) is 31.1 Å². The first-order valence-electron chi connectivity index (χ1n) is 44.9. The lowest BCUT2D eigenvalue weighted by Gasteiger charge is -2.19. The summed E-state index contributed by atoms with van der Waals surface area (Å²) in [7, 11) is -13.0. The van der Waals surface area contributed by atoms with Crippen LogP contribution in [0, 0.1) is 27.7 Å².